The molecule has 0 radical (unpaired) electrons. The van der Waals surface area contributed by atoms with Crippen LogP contribution in [-0.2, 0) is 7.05 Å². The van der Waals surface area contributed by atoms with Crippen molar-refractivity contribution in [3.63, 3.8) is 0 Å². The average molecular weight is 270 g/mol. The van der Waals surface area contributed by atoms with Crippen LogP contribution in [0.1, 0.15) is 18.5 Å². The Bertz CT molecular complexity index is 553. The lowest BCUT2D eigenvalue weighted by molar-refractivity contribution is 0.526. The van der Waals surface area contributed by atoms with Crippen LogP contribution in [0.15, 0.2) is 36.5 Å². The van der Waals surface area contributed by atoms with Crippen LogP contribution in [0, 0.1) is 6.92 Å². The summed E-state index contributed by atoms with van der Waals surface area (Å²) in [5.74, 6) is 0. The molecule has 3 rings (SSSR count). The van der Waals surface area contributed by atoms with E-state index in [2.05, 4.69) is 58.8 Å². The first-order valence-corrected chi connectivity index (χ1v) is 7.29. The fraction of sp³-hybridized carbons (Fsp3) is 0.438. The molecule has 4 heteroatoms. The molecule has 1 fully saturated rings. The number of aryl methyl sites for hydroxylation is 2. The zero-order valence-electron chi connectivity index (χ0n) is 12.2. The molecule has 0 unspecified atom stereocenters. The zero-order valence-corrected chi connectivity index (χ0v) is 12.2. The van der Waals surface area contributed by atoms with Gasteiger partial charge < -0.3 is 10.2 Å². The maximum atomic E-state index is 4.38. The van der Waals surface area contributed by atoms with Crippen molar-refractivity contribution in [3.8, 4) is 0 Å². The van der Waals surface area contributed by atoms with Gasteiger partial charge in [0.2, 0.25) is 0 Å². The Balaban J connectivity index is 1.58. The Morgan fingerprint density at radius 2 is 1.85 bits per heavy atom. The summed E-state index contributed by atoms with van der Waals surface area (Å²) in [6.45, 7) is 4.28. The molecular formula is C16H22N4. The highest BCUT2D eigenvalue weighted by molar-refractivity contribution is 5.48. The summed E-state index contributed by atoms with van der Waals surface area (Å²) in [5, 5.41) is 8.01. The second-order valence-electron chi connectivity index (χ2n) is 5.54. The highest BCUT2D eigenvalue weighted by atomic mass is 15.3. The molecule has 0 amide bonds. The van der Waals surface area contributed by atoms with E-state index < -0.39 is 0 Å². The van der Waals surface area contributed by atoms with E-state index in [-0.39, 0.29) is 0 Å². The van der Waals surface area contributed by atoms with Crippen molar-refractivity contribution in [2.24, 2.45) is 7.05 Å². The molecule has 0 bridgehead atoms. The van der Waals surface area contributed by atoms with Crippen LogP contribution >= 0.6 is 0 Å². The lowest BCUT2D eigenvalue weighted by Gasteiger charge is -2.34. The van der Waals surface area contributed by atoms with Crippen molar-refractivity contribution >= 4 is 11.4 Å². The first-order chi connectivity index (χ1) is 9.72. The van der Waals surface area contributed by atoms with Crippen molar-refractivity contribution in [2.45, 2.75) is 25.8 Å². The summed E-state index contributed by atoms with van der Waals surface area (Å²) in [7, 11) is 1.97. The van der Waals surface area contributed by atoms with Gasteiger partial charge in [-0.2, -0.15) is 5.10 Å². The molecule has 1 aromatic heterocycles. The van der Waals surface area contributed by atoms with Gasteiger partial charge >= 0.3 is 0 Å². The number of hydrogen-bond acceptors (Lipinski definition) is 3. The summed E-state index contributed by atoms with van der Waals surface area (Å²) in [5.41, 5.74) is 3.59. The van der Waals surface area contributed by atoms with E-state index >= 15 is 0 Å². The van der Waals surface area contributed by atoms with Crippen LogP contribution in [0.25, 0.3) is 0 Å². The van der Waals surface area contributed by atoms with Crippen molar-refractivity contribution in [1.29, 1.82) is 0 Å². The molecule has 4 nitrogen and oxygen atoms in total. The van der Waals surface area contributed by atoms with E-state index in [9.17, 15) is 0 Å². The molecule has 0 atom stereocenters. The largest absolute Gasteiger partial charge is 0.379 e. The summed E-state index contributed by atoms with van der Waals surface area (Å²) < 4.78 is 1.87. The number of hydrogen-bond donors (Lipinski definition) is 1. The standard InChI is InChI=1S/C16H22N4/c1-13-16(12-19(2)18-13)17-14-8-10-20(11-9-14)15-6-4-3-5-7-15/h3-7,12,14,17H,8-11H2,1-2H3. The van der Waals surface area contributed by atoms with Crippen molar-refractivity contribution in [1.82, 2.24) is 9.78 Å². The monoisotopic (exact) mass is 270 g/mol. The maximum Gasteiger partial charge on any atom is 0.0825 e. The number of piperidine rings is 1. The number of aromatic nitrogens is 2. The van der Waals surface area contributed by atoms with E-state index in [1.54, 1.807) is 0 Å². The van der Waals surface area contributed by atoms with Gasteiger partial charge in [-0.25, -0.2) is 0 Å². The number of para-hydroxylation sites is 1. The van der Waals surface area contributed by atoms with E-state index in [1.807, 2.05) is 11.7 Å². The van der Waals surface area contributed by atoms with E-state index in [4.69, 9.17) is 0 Å². The average Bonchev–Trinajstić information content (AvgIpc) is 2.79. The van der Waals surface area contributed by atoms with Crippen LogP contribution < -0.4 is 10.2 Å². The van der Waals surface area contributed by atoms with Gasteiger partial charge in [0.15, 0.2) is 0 Å². The fourth-order valence-electron chi connectivity index (χ4n) is 2.88. The van der Waals surface area contributed by atoms with Gasteiger partial charge in [-0.05, 0) is 31.9 Å². The summed E-state index contributed by atoms with van der Waals surface area (Å²) in [6, 6.07) is 11.2. The Morgan fingerprint density at radius 3 is 2.45 bits per heavy atom. The molecule has 1 N–H and O–H groups in total. The van der Waals surface area contributed by atoms with Gasteiger partial charge in [0.1, 0.15) is 0 Å². The Morgan fingerprint density at radius 1 is 1.15 bits per heavy atom. The predicted molar refractivity (Wildman–Crippen MR) is 83.2 cm³/mol. The Hall–Kier alpha value is -1.97. The van der Waals surface area contributed by atoms with Crippen molar-refractivity contribution in [3.05, 3.63) is 42.2 Å². The molecule has 20 heavy (non-hydrogen) atoms. The molecular weight excluding hydrogens is 248 g/mol. The lowest BCUT2D eigenvalue weighted by atomic mass is 10.0. The normalized spacial score (nSPS) is 16.4. The van der Waals surface area contributed by atoms with E-state index in [0.29, 0.717) is 6.04 Å². The van der Waals surface area contributed by atoms with Gasteiger partial charge in [0.05, 0.1) is 11.4 Å². The first kappa shape index (κ1) is 13.0. The van der Waals surface area contributed by atoms with E-state index in [0.717, 1.165) is 18.8 Å². The fourth-order valence-corrected chi connectivity index (χ4v) is 2.88. The predicted octanol–water partition coefficient (Wildman–Crippen LogP) is 2.81. The Kier molecular flexibility index (Phi) is 3.63. The minimum absolute atomic E-state index is 0.554. The second-order valence-corrected chi connectivity index (χ2v) is 5.54. The van der Waals surface area contributed by atoms with Crippen LogP contribution in [0.2, 0.25) is 0 Å². The third-order valence-corrected chi connectivity index (χ3v) is 3.99. The minimum atomic E-state index is 0.554. The van der Waals surface area contributed by atoms with Gasteiger partial charge in [0.25, 0.3) is 0 Å². The van der Waals surface area contributed by atoms with Crippen molar-refractivity contribution in [2.75, 3.05) is 23.3 Å². The van der Waals surface area contributed by atoms with Crippen LogP contribution in [-0.4, -0.2) is 28.9 Å². The molecule has 1 saturated heterocycles. The maximum absolute atomic E-state index is 4.38. The smallest absolute Gasteiger partial charge is 0.0825 e. The van der Waals surface area contributed by atoms with Gasteiger partial charge in [-0.15, -0.1) is 0 Å². The van der Waals surface area contributed by atoms with Gasteiger partial charge in [0, 0.05) is 38.1 Å². The molecule has 2 aromatic rings. The van der Waals surface area contributed by atoms with Crippen LogP contribution in [0.3, 0.4) is 0 Å². The minimum Gasteiger partial charge on any atom is -0.379 e. The highest BCUT2D eigenvalue weighted by Gasteiger charge is 2.20. The van der Waals surface area contributed by atoms with Gasteiger partial charge in [-0.3, -0.25) is 4.68 Å². The third kappa shape index (κ3) is 2.79. The quantitative estimate of drug-likeness (QED) is 0.931. The molecule has 2 heterocycles. The number of anilines is 2. The molecule has 0 aliphatic carbocycles. The molecule has 1 aromatic carbocycles. The lowest BCUT2D eigenvalue weighted by Crippen LogP contribution is -2.39. The first-order valence-electron chi connectivity index (χ1n) is 7.29. The molecule has 1 aliphatic rings. The SMILES string of the molecule is Cc1nn(C)cc1NC1CCN(c2ccccc2)CC1. The zero-order chi connectivity index (χ0) is 13.9. The molecule has 0 saturated carbocycles. The molecule has 1 aliphatic heterocycles. The summed E-state index contributed by atoms with van der Waals surface area (Å²) >= 11 is 0. The second kappa shape index (κ2) is 5.57. The third-order valence-electron chi connectivity index (χ3n) is 3.99. The van der Waals surface area contributed by atoms with Crippen molar-refractivity contribution < 1.29 is 0 Å². The molecule has 0 spiro atoms. The molecule has 106 valence electrons. The number of rotatable bonds is 3. The number of benzene rings is 1. The number of nitrogens with zero attached hydrogens (tertiary/aromatic N) is 3. The highest BCUT2D eigenvalue weighted by Crippen LogP contribution is 2.22. The Labute approximate surface area is 120 Å². The number of nitrogens with one attached hydrogen (secondary N) is 1. The summed E-state index contributed by atoms with van der Waals surface area (Å²) in [4.78, 5) is 2.47. The summed E-state index contributed by atoms with van der Waals surface area (Å²) in [6.07, 6.45) is 4.41. The van der Waals surface area contributed by atoms with Crippen LogP contribution in [0.5, 0.6) is 0 Å². The van der Waals surface area contributed by atoms with Crippen LogP contribution in [0.4, 0.5) is 11.4 Å². The van der Waals surface area contributed by atoms with Gasteiger partial charge in [-0.1, -0.05) is 18.2 Å². The van der Waals surface area contributed by atoms with E-state index in [1.165, 1.54) is 24.2 Å². The topological polar surface area (TPSA) is 33.1 Å².